The van der Waals surface area contributed by atoms with Gasteiger partial charge in [-0.2, -0.15) is 0 Å². The zero-order valence-corrected chi connectivity index (χ0v) is 19.0. The average molecular weight is 401 g/mol. The molecular formula is C26H44N2O. The van der Waals surface area contributed by atoms with Gasteiger partial charge < -0.3 is 10.4 Å². The summed E-state index contributed by atoms with van der Waals surface area (Å²) >= 11 is 0. The number of piperidine rings is 1. The first kappa shape index (κ1) is 21.6. The molecule has 3 aliphatic carbocycles. The molecule has 0 radical (unpaired) electrons. The third-order valence-corrected chi connectivity index (χ3v) is 10.1. The lowest BCUT2D eigenvalue weighted by atomic mass is 9.47. The van der Waals surface area contributed by atoms with Crippen molar-refractivity contribution >= 4 is 0 Å². The van der Waals surface area contributed by atoms with Crippen LogP contribution in [0.4, 0.5) is 0 Å². The van der Waals surface area contributed by atoms with E-state index in [1.54, 1.807) is 0 Å². The topological polar surface area (TPSA) is 38.0 Å². The Labute approximate surface area is 178 Å². The maximum Gasteiger partial charge on any atom is 0.0215 e. The van der Waals surface area contributed by atoms with E-state index in [4.69, 9.17) is 0 Å². The van der Waals surface area contributed by atoms with Gasteiger partial charge in [0, 0.05) is 18.1 Å². The fourth-order valence-corrected chi connectivity index (χ4v) is 8.49. The molecule has 5 rings (SSSR count). The van der Waals surface area contributed by atoms with E-state index in [1.807, 2.05) is 5.57 Å². The van der Waals surface area contributed by atoms with Gasteiger partial charge in [0.05, 0.1) is 0 Å². The Morgan fingerprint density at radius 2 is 1.83 bits per heavy atom. The van der Waals surface area contributed by atoms with E-state index in [-0.39, 0.29) is 5.48 Å². The standard InChI is InChI=1S/C26H42N2.H2O/c1-4-15-28-18-7-8-24-22-10-9-20-19-21(27-16-5-6-17-27)11-13-25(20,2)23(22)12-14-26(24,28)3;/h4,9,21-24H,1,5-8,10-19H2,2-3H3;1H2/t21-,22+,23-,24-,25-,26-;/m0./s1. The first-order valence-electron chi connectivity index (χ1n) is 12.4. The van der Waals surface area contributed by atoms with Gasteiger partial charge in [-0.15, -0.1) is 6.58 Å². The fraction of sp³-hybridized carbons (Fsp3) is 0.846. The van der Waals surface area contributed by atoms with E-state index in [0.717, 1.165) is 30.3 Å². The molecule has 0 aromatic carbocycles. The van der Waals surface area contributed by atoms with Crippen molar-refractivity contribution < 1.29 is 5.48 Å². The summed E-state index contributed by atoms with van der Waals surface area (Å²) in [5, 5.41) is 0. The maximum atomic E-state index is 4.05. The average Bonchev–Trinajstić information content (AvgIpc) is 3.22. The third-order valence-electron chi connectivity index (χ3n) is 10.1. The molecule has 0 aromatic heterocycles. The van der Waals surface area contributed by atoms with Gasteiger partial charge in [0.25, 0.3) is 0 Å². The second-order valence-electron chi connectivity index (χ2n) is 11.2. The van der Waals surface area contributed by atoms with E-state index >= 15 is 0 Å². The monoisotopic (exact) mass is 400 g/mol. The fourth-order valence-electron chi connectivity index (χ4n) is 8.49. The molecule has 0 unspecified atom stereocenters. The van der Waals surface area contributed by atoms with Crippen LogP contribution in [0.2, 0.25) is 0 Å². The summed E-state index contributed by atoms with van der Waals surface area (Å²) in [6.45, 7) is 14.4. The van der Waals surface area contributed by atoms with E-state index in [0.29, 0.717) is 11.0 Å². The summed E-state index contributed by atoms with van der Waals surface area (Å²) in [6, 6.07) is 0.852. The predicted octanol–water partition coefficient (Wildman–Crippen LogP) is 4.83. The van der Waals surface area contributed by atoms with Crippen molar-refractivity contribution in [2.75, 3.05) is 26.2 Å². The predicted molar refractivity (Wildman–Crippen MR) is 122 cm³/mol. The summed E-state index contributed by atoms with van der Waals surface area (Å²) < 4.78 is 0. The summed E-state index contributed by atoms with van der Waals surface area (Å²) in [6.07, 6.45) is 19.1. The molecule has 2 heterocycles. The van der Waals surface area contributed by atoms with Crippen LogP contribution in [0.25, 0.3) is 0 Å². The lowest BCUT2D eigenvalue weighted by Crippen LogP contribution is -2.62. The number of hydrogen-bond donors (Lipinski definition) is 0. The van der Waals surface area contributed by atoms with Crippen LogP contribution < -0.4 is 0 Å². The van der Waals surface area contributed by atoms with Gasteiger partial charge in [-0.3, -0.25) is 4.90 Å². The normalized spacial score (nSPS) is 45.4. The van der Waals surface area contributed by atoms with Crippen molar-refractivity contribution in [2.24, 2.45) is 23.2 Å². The van der Waals surface area contributed by atoms with Crippen LogP contribution in [0.3, 0.4) is 0 Å². The summed E-state index contributed by atoms with van der Waals surface area (Å²) in [7, 11) is 0. The third kappa shape index (κ3) is 3.36. The van der Waals surface area contributed by atoms with Crippen LogP contribution >= 0.6 is 0 Å². The van der Waals surface area contributed by atoms with Gasteiger partial charge in [0.15, 0.2) is 0 Å². The van der Waals surface area contributed by atoms with Crippen molar-refractivity contribution in [2.45, 2.75) is 89.6 Å². The first-order chi connectivity index (χ1) is 13.6. The number of nitrogens with zero attached hydrogens (tertiary/aromatic N) is 2. The van der Waals surface area contributed by atoms with E-state index in [9.17, 15) is 0 Å². The largest absolute Gasteiger partial charge is 0.412 e. The molecule has 5 aliphatic rings. The van der Waals surface area contributed by atoms with E-state index in [2.05, 4.69) is 42.4 Å². The quantitative estimate of drug-likeness (QED) is 0.636. The molecule has 3 nitrogen and oxygen atoms in total. The molecule has 0 aromatic rings. The van der Waals surface area contributed by atoms with E-state index < -0.39 is 0 Å². The molecule has 2 saturated carbocycles. The number of likely N-dealkylation sites (tertiary alicyclic amines) is 2. The molecule has 0 spiro atoms. The van der Waals surface area contributed by atoms with Gasteiger partial charge in [-0.05, 0) is 114 Å². The highest BCUT2D eigenvalue weighted by Gasteiger charge is 2.56. The zero-order chi connectivity index (χ0) is 19.4. The highest BCUT2D eigenvalue weighted by Crippen LogP contribution is 2.61. The summed E-state index contributed by atoms with van der Waals surface area (Å²) in [5.41, 5.74) is 2.78. The van der Waals surface area contributed by atoms with Crippen LogP contribution in [-0.2, 0) is 0 Å². The van der Waals surface area contributed by atoms with Gasteiger partial charge in [-0.25, -0.2) is 0 Å². The minimum Gasteiger partial charge on any atom is -0.412 e. The van der Waals surface area contributed by atoms with Crippen LogP contribution in [0.5, 0.6) is 0 Å². The summed E-state index contributed by atoms with van der Waals surface area (Å²) in [4.78, 5) is 5.61. The number of fused-ring (bicyclic) bond motifs is 5. The molecule has 3 heteroatoms. The van der Waals surface area contributed by atoms with Crippen LogP contribution in [-0.4, -0.2) is 53.0 Å². The van der Waals surface area contributed by atoms with Crippen LogP contribution in [0.15, 0.2) is 24.3 Å². The Balaban J connectivity index is 0.00000205. The highest BCUT2D eigenvalue weighted by atomic mass is 16.0. The molecular weight excluding hydrogens is 356 g/mol. The molecule has 29 heavy (non-hydrogen) atoms. The minimum absolute atomic E-state index is 0. The number of rotatable bonds is 3. The zero-order valence-electron chi connectivity index (χ0n) is 19.0. The molecule has 0 bridgehead atoms. The molecule has 164 valence electrons. The Kier molecular flexibility index (Phi) is 6.05. The molecule has 6 atom stereocenters. The second-order valence-corrected chi connectivity index (χ2v) is 11.2. The lowest BCUT2D eigenvalue weighted by molar-refractivity contribution is -0.0947. The molecule has 2 aliphatic heterocycles. The Morgan fingerprint density at radius 3 is 2.59 bits per heavy atom. The second kappa shape index (κ2) is 8.13. The molecule has 2 N–H and O–H groups in total. The number of allylic oxidation sites excluding steroid dienone is 1. The Hall–Kier alpha value is -0.640. The molecule has 0 amide bonds. The van der Waals surface area contributed by atoms with Gasteiger partial charge in [0.2, 0.25) is 0 Å². The highest BCUT2D eigenvalue weighted by molar-refractivity contribution is 5.26. The van der Waals surface area contributed by atoms with E-state index in [1.165, 1.54) is 83.8 Å². The van der Waals surface area contributed by atoms with Crippen LogP contribution in [0, 0.1) is 23.2 Å². The van der Waals surface area contributed by atoms with Gasteiger partial charge >= 0.3 is 0 Å². The van der Waals surface area contributed by atoms with Crippen molar-refractivity contribution in [1.29, 1.82) is 0 Å². The van der Waals surface area contributed by atoms with Crippen LogP contribution in [0.1, 0.15) is 78.1 Å². The van der Waals surface area contributed by atoms with Gasteiger partial charge in [0.1, 0.15) is 0 Å². The van der Waals surface area contributed by atoms with Crippen molar-refractivity contribution in [3.8, 4) is 0 Å². The van der Waals surface area contributed by atoms with Crippen molar-refractivity contribution in [3.05, 3.63) is 24.3 Å². The van der Waals surface area contributed by atoms with Crippen molar-refractivity contribution in [1.82, 2.24) is 9.80 Å². The van der Waals surface area contributed by atoms with Crippen molar-refractivity contribution in [3.63, 3.8) is 0 Å². The first-order valence-corrected chi connectivity index (χ1v) is 12.4. The number of hydrogen-bond acceptors (Lipinski definition) is 2. The smallest absolute Gasteiger partial charge is 0.0215 e. The minimum atomic E-state index is 0. The Bertz CT molecular complexity index is 639. The SMILES string of the molecule is C=CCN1CCC[C@H]2[C@@H]3CC=C4C[C@@H](N5CCCC5)CC[C@]4(C)[C@H]3CC[C@@]21C.O. The maximum absolute atomic E-state index is 4.05. The lowest BCUT2D eigenvalue weighted by Gasteiger charge is -2.62. The molecule has 4 fully saturated rings. The van der Waals surface area contributed by atoms with Gasteiger partial charge in [-0.1, -0.05) is 24.6 Å². The summed E-state index contributed by atoms with van der Waals surface area (Å²) in [5.74, 6) is 2.75. The Morgan fingerprint density at radius 1 is 1.03 bits per heavy atom. The molecule has 2 saturated heterocycles.